The van der Waals surface area contributed by atoms with E-state index in [-0.39, 0.29) is 6.09 Å². The number of anilines is 2. The van der Waals surface area contributed by atoms with Crippen molar-refractivity contribution in [3.8, 4) is 5.75 Å². The number of ether oxygens (including phenoxy) is 2. The molecule has 1 N–H and O–H groups in total. The Morgan fingerprint density at radius 1 is 1.24 bits per heavy atom. The Kier molecular flexibility index (Phi) is 5.04. The molecule has 152 valence electrons. The molecule has 3 heterocycles. The quantitative estimate of drug-likeness (QED) is 0.670. The number of aromatic nitrogens is 2. The molecule has 0 saturated heterocycles. The van der Waals surface area contributed by atoms with Crippen LogP contribution in [0.3, 0.4) is 0 Å². The lowest BCUT2D eigenvalue weighted by Crippen LogP contribution is -2.39. The van der Waals surface area contributed by atoms with Gasteiger partial charge >= 0.3 is 6.09 Å². The summed E-state index contributed by atoms with van der Waals surface area (Å²) >= 11 is 1.60. The van der Waals surface area contributed by atoms with Gasteiger partial charge in [-0.3, -0.25) is 0 Å². The standard InChI is InChI=1S/C21H24N4O3S/c1-21(2,3)28-20(26)25-10-9-13-16(11-25)29-19-17(13)18(22-12-23-19)24-14-7-5-6-8-15(14)27-4/h5-8,12H,9-11H2,1-4H3,(H,22,23,24). The van der Waals surface area contributed by atoms with Gasteiger partial charge in [0.05, 0.1) is 24.7 Å². The molecule has 2 aromatic heterocycles. The van der Waals surface area contributed by atoms with E-state index in [0.717, 1.165) is 38.8 Å². The van der Waals surface area contributed by atoms with Gasteiger partial charge in [-0.1, -0.05) is 12.1 Å². The SMILES string of the molecule is COc1ccccc1Nc1ncnc2sc3c(c12)CCN(C(=O)OC(C)(C)C)C3. The summed E-state index contributed by atoms with van der Waals surface area (Å²) in [5, 5.41) is 4.41. The van der Waals surface area contributed by atoms with E-state index in [1.54, 1.807) is 29.7 Å². The summed E-state index contributed by atoms with van der Waals surface area (Å²) in [6, 6.07) is 7.74. The molecule has 1 aliphatic heterocycles. The lowest BCUT2D eigenvalue weighted by Gasteiger charge is -2.30. The Labute approximate surface area is 173 Å². The van der Waals surface area contributed by atoms with Crippen LogP contribution >= 0.6 is 11.3 Å². The predicted molar refractivity (Wildman–Crippen MR) is 114 cm³/mol. The molecule has 0 saturated carbocycles. The third kappa shape index (κ3) is 3.98. The summed E-state index contributed by atoms with van der Waals surface area (Å²) < 4.78 is 11.0. The molecular formula is C21H24N4O3S. The summed E-state index contributed by atoms with van der Waals surface area (Å²) in [5.41, 5.74) is 1.54. The molecule has 29 heavy (non-hydrogen) atoms. The smallest absolute Gasteiger partial charge is 0.410 e. The van der Waals surface area contributed by atoms with Crippen molar-refractivity contribution in [2.24, 2.45) is 0 Å². The number of hydrogen-bond acceptors (Lipinski definition) is 7. The molecular weight excluding hydrogens is 388 g/mol. The fraction of sp³-hybridized carbons (Fsp3) is 0.381. The summed E-state index contributed by atoms with van der Waals surface area (Å²) in [7, 11) is 1.65. The molecule has 0 aliphatic carbocycles. The second-order valence-corrected chi connectivity index (χ2v) is 8.97. The van der Waals surface area contributed by atoms with Crippen LogP contribution in [0.4, 0.5) is 16.3 Å². The Morgan fingerprint density at radius 2 is 2.03 bits per heavy atom. The molecule has 0 spiro atoms. The van der Waals surface area contributed by atoms with E-state index in [2.05, 4.69) is 15.3 Å². The topological polar surface area (TPSA) is 76.6 Å². The molecule has 3 aromatic rings. The number of nitrogens with one attached hydrogen (secondary N) is 1. The van der Waals surface area contributed by atoms with Crippen molar-refractivity contribution in [3.63, 3.8) is 0 Å². The first-order valence-electron chi connectivity index (χ1n) is 9.49. The van der Waals surface area contributed by atoms with Crippen molar-refractivity contribution < 1.29 is 14.3 Å². The first kappa shape index (κ1) is 19.4. The van der Waals surface area contributed by atoms with Gasteiger partial charge in [-0.05, 0) is 44.9 Å². The van der Waals surface area contributed by atoms with E-state index >= 15 is 0 Å². The van der Waals surface area contributed by atoms with Gasteiger partial charge in [0.15, 0.2) is 0 Å². The maximum absolute atomic E-state index is 12.5. The van der Waals surface area contributed by atoms with Crippen molar-refractivity contribution in [1.82, 2.24) is 14.9 Å². The lowest BCUT2D eigenvalue weighted by atomic mass is 10.1. The zero-order valence-electron chi connectivity index (χ0n) is 17.0. The van der Waals surface area contributed by atoms with E-state index in [4.69, 9.17) is 9.47 Å². The highest BCUT2D eigenvalue weighted by atomic mass is 32.1. The molecule has 0 atom stereocenters. The summed E-state index contributed by atoms with van der Waals surface area (Å²) in [6.07, 6.45) is 2.02. The van der Waals surface area contributed by atoms with Gasteiger partial charge in [-0.15, -0.1) is 11.3 Å². The lowest BCUT2D eigenvalue weighted by molar-refractivity contribution is 0.0227. The Hall–Kier alpha value is -2.87. The number of hydrogen-bond donors (Lipinski definition) is 1. The van der Waals surface area contributed by atoms with Gasteiger partial charge in [-0.2, -0.15) is 0 Å². The third-order valence-corrected chi connectivity index (χ3v) is 5.77. The molecule has 1 amide bonds. The highest BCUT2D eigenvalue weighted by molar-refractivity contribution is 7.19. The average Bonchev–Trinajstić information content (AvgIpc) is 3.05. The fourth-order valence-electron chi connectivity index (χ4n) is 3.38. The molecule has 0 radical (unpaired) electrons. The highest BCUT2D eigenvalue weighted by Gasteiger charge is 2.29. The maximum Gasteiger partial charge on any atom is 0.410 e. The molecule has 1 aliphatic rings. The summed E-state index contributed by atoms with van der Waals surface area (Å²) in [4.78, 5) is 25.2. The monoisotopic (exact) mass is 412 g/mol. The molecule has 7 nitrogen and oxygen atoms in total. The molecule has 0 bridgehead atoms. The number of nitrogens with zero attached hydrogens (tertiary/aromatic N) is 3. The first-order valence-corrected chi connectivity index (χ1v) is 10.3. The Morgan fingerprint density at radius 3 is 2.79 bits per heavy atom. The number of amides is 1. The van der Waals surface area contributed by atoms with Crippen molar-refractivity contribution in [2.75, 3.05) is 19.0 Å². The van der Waals surface area contributed by atoms with Crippen molar-refractivity contribution in [1.29, 1.82) is 0 Å². The van der Waals surface area contributed by atoms with Crippen molar-refractivity contribution in [3.05, 3.63) is 41.0 Å². The van der Waals surface area contributed by atoms with Crippen LogP contribution in [0, 0.1) is 0 Å². The number of thiophene rings is 1. The highest BCUT2D eigenvalue weighted by Crippen LogP contribution is 2.39. The number of methoxy groups -OCH3 is 1. The number of benzene rings is 1. The van der Waals surface area contributed by atoms with Crippen LogP contribution in [0.2, 0.25) is 0 Å². The van der Waals surface area contributed by atoms with Crippen molar-refractivity contribution in [2.45, 2.75) is 39.3 Å². The van der Waals surface area contributed by atoms with Crippen LogP contribution in [0.25, 0.3) is 10.2 Å². The normalized spacial score (nSPS) is 13.9. The van der Waals surface area contributed by atoms with Gasteiger partial charge in [0.25, 0.3) is 0 Å². The molecule has 0 unspecified atom stereocenters. The third-order valence-electron chi connectivity index (χ3n) is 4.65. The van der Waals surface area contributed by atoms with Gasteiger partial charge in [0.2, 0.25) is 0 Å². The predicted octanol–water partition coefficient (Wildman–Crippen LogP) is 4.74. The number of carbonyl (C=O) groups excluding carboxylic acids is 1. The van der Waals surface area contributed by atoms with E-state index in [1.807, 2.05) is 45.0 Å². The number of carbonyl (C=O) groups is 1. The van der Waals surface area contributed by atoms with Gasteiger partial charge < -0.3 is 19.7 Å². The Bertz CT molecular complexity index is 1060. The summed E-state index contributed by atoms with van der Waals surface area (Å²) in [5.74, 6) is 1.50. The van der Waals surface area contributed by atoms with Gasteiger partial charge in [0, 0.05) is 11.4 Å². The molecule has 0 fully saturated rings. The fourth-order valence-corrected chi connectivity index (χ4v) is 4.58. The van der Waals surface area contributed by atoms with Gasteiger partial charge in [-0.25, -0.2) is 14.8 Å². The molecule has 4 rings (SSSR count). The van der Waals surface area contributed by atoms with Crippen molar-refractivity contribution >= 4 is 39.2 Å². The molecule has 1 aromatic carbocycles. The average molecular weight is 413 g/mol. The number of rotatable bonds is 3. The number of fused-ring (bicyclic) bond motifs is 3. The molecule has 8 heteroatoms. The van der Waals surface area contributed by atoms with Crippen LogP contribution < -0.4 is 10.1 Å². The number of para-hydroxylation sites is 2. The Balaban J connectivity index is 1.65. The summed E-state index contributed by atoms with van der Waals surface area (Å²) in [6.45, 7) is 6.78. The van der Waals surface area contributed by atoms with Crippen LogP contribution in [-0.4, -0.2) is 40.2 Å². The van der Waals surface area contributed by atoms with Crippen LogP contribution in [0.15, 0.2) is 30.6 Å². The minimum Gasteiger partial charge on any atom is -0.495 e. The first-order chi connectivity index (χ1) is 13.9. The zero-order valence-corrected chi connectivity index (χ0v) is 17.8. The van der Waals surface area contributed by atoms with E-state index in [0.29, 0.717) is 13.1 Å². The van der Waals surface area contributed by atoms with Crippen LogP contribution in [0.5, 0.6) is 5.75 Å². The van der Waals surface area contributed by atoms with E-state index < -0.39 is 5.60 Å². The van der Waals surface area contributed by atoms with Gasteiger partial charge in [0.1, 0.15) is 28.3 Å². The van der Waals surface area contributed by atoms with E-state index in [9.17, 15) is 4.79 Å². The minimum absolute atomic E-state index is 0.279. The zero-order chi connectivity index (χ0) is 20.6. The van der Waals surface area contributed by atoms with E-state index in [1.165, 1.54) is 5.56 Å². The van der Waals surface area contributed by atoms with Crippen LogP contribution in [0.1, 0.15) is 31.2 Å². The largest absolute Gasteiger partial charge is 0.495 e. The maximum atomic E-state index is 12.5. The second-order valence-electron chi connectivity index (χ2n) is 7.88. The minimum atomic E-state index is -0.505. The van der Waals surface area contributed by atoms with Crippen LogP contribution in [-0.2, 0) is 17.7 Å². The second kappa shape index (κ2) is 7.51.